The van der Waals surface area contributed by atoms with Crippen molar-refractivity contribution in [3.8, 4) is 0 Å². The van der Waals surface area contributed by atoms with E-state index in [2.05, 4.69) is 4.98 Å². The Hall–Kier alpha value is -1.22. The second-order valence-electron chi connectivity index (χ2n) is 4.22. The number of rotatable bonds is 10. The average molecular weight is 317 g/mol. The van der Waals surface area contributed by atoms with Gasteiger partial charge in [-0.25, -0.2) is 13.4 Å². The monoisotopic (exact) mass is 317 g/mol. The molecule has 1 aromatic rings. The standard InChI is InChI=1S/C13H23N3O4S/c1-3-19-9-7-16(8-10-20-4-2)21(17,18)12-5-6-13(14)15-11-12/h5-6,11H,3-4,7-10H2,1-2H3,(H2,14,15). The molecule has 0 bridgehead atoms. The molecule has 0 saturated carbocycles. The van der Waals surface area contributed by atoms with E-state index in [1.807, 2.05) is 13.8 Å². The molecule has 21 heavy (non-hydrogen) atoms. The van der Waals surface area contributed by atoms with Crippen molar-refractivity contribution in [2.24, 2.45) is 0 Å². The highest BCUT2D eigenvalue weighted by Crippen LogP contribution is 2.15. The minimum atomic E-state index is -3.62. The van der Waals surface area contributed by atoms with E-state index in [-0.39, 0.29) is 23.8 Å². The van der Waals surface area contributed by atoms with Crippen LogP contribution < -0.4 is 5.73 Å². The Morgan fingerprint density at radius 1 is 1.14 bits per heavy atom. The van der Waals surface area contributed by atoms with Gasteiger partial charge in [-0.1, -0.05) is 0 Å². The molecule has 0 unspecified atom stereocenters. The molecule has 8 heteroatoms. The van der Waals surface area contributed by atoms with E-state index in [0.29, 0.717) is 26.4 Å². The second-order valence-corrected chi connectivity index (χ2v) is 6.15. The van der Waals surface area contributed by atoms with Gasteiger partial charge in [0.05, 0.1) is 13.2 Å². The third-order valence-corrected chi connectivity index (χ3v) is 4.66. The lowest BCUT2D eigenvalue weighted by molar-refractivity contribution is 0.110. The van der Waals surface area contributed by atoms with Gasteiger partial charge < -0.3 is 15.2 Å². The molecule has 0 saturated heterocycles. The van der Waals surface area contributed by atoms with Crippen molar-refractivity contribution < 1.29 is 17.9 Å². The zero-order valence-corrected chi connectivity index (χ0v) is 13.3. The van der Waals surface area contributed by atoms with E-state index in [4.69, 9.17) is 15.2 Å². The van der Waals surface area contributed by atoms with Gasteiger partial charge in [-0.3, -0.25) is 0 Å². The van der Waals surface area contributed by atoms with Gasteiger partial charge in [-0.05, 0) is 26.0 Å². The highest BCUT2D eigenvalue weighted by atomic mass is 32.2. The number of nitrogens with two attached hydrogens (primary N) is 1. The molecule has 1 aromatic heterocycles. The van der Waals surface area contributed by atoms with Gasteiger partial charge >= 0.3 is 0 Å². The number of aromatic nitrogens is 1. The minimum absolute atomic E-state index is 0.115. The zero-order chi connectivity index (χ0) is 15.7. The molecular formula is C13H23N3O4S. The largest absolute Gasteiger partial charge is 0.384 e. The van der Waals surface area contributed by atoms with Gasteiger partial charge in [0.1, 0.15) is 10.7 Å². The molecule has 0 aromatic carbocycles. The Kier molecular flexibility index (Phi) is 7.58. The van der Waals surface area contributed by atoms with Crippen LogP contribution in [0, 0.1) is 0 Å². The summed E-state index contributed by atoms with van der Waals surface area (Å²) in [5.74, 6) is 0.282. The molecule has 0 aliphatic rings. The topological polar surface area (TPSA) is 94.8 Å². The number of hydrogen-bond acceptors (Lipinski definition) is 6. The zero-order valence-electron chi connectivity index (χ0n) is 12.5. The molecule has 0 aliphatic heterocycles. The summed E-state index contributed by atoms with van der Waals surface area (Å²) >= 11 is 0. The van der Waals surface area contributed by atoms with Crippen molar-refractivity contribution in [3.05, 3.63) is 18.3 Å². The lowest BCUT2D eigenvalue weighted by atomic mass is 10.5. The van der Waals surface area contributed by atoms with Crippen LogP contribution in [0.25, 0.3) is 0 Å². The van der Waals surface area contributed by atoms with E-state index in [9.17, 15) is 8.42 Å². The Morgan fingerprint density at radius 3 is 2.14 bits per heavy atom. The maximum Gasteiger partial charge on any atom is 0.244 e. The summed E-state index contributed by atoms with van der Waals surface area (Å²) in [5, 5.41) is 0. The van der Waals surface area contributed by atoms with E-state index in [1.165, 1.54) is 22.6 Å². The van der Waals surface area contributed by atoms with Crippen LogP contribution in [-0.2, 0) is 19.5 Å². The first kappa shape index (κ1) is 17.8. The summed E-state index contributed by atoms with van der Waals surface area (Å²) in [7, 11) is -3.62. The molecular weight excluding hydrogens is 294 g/mol. The first-order chi connectivity index (χ1) is 10.0. The van der Waals surface area contributed by atoms with Crippen LogP contribution in [0.1, 0.15) is 13.8 Å². The lowest BCUT2D eigenvalue weighted by Crippen LogP contribution is -2.36. The fourth-order valence-electron chi connectivity index (χ4n) is 1.67. The molecule has 1 heterocycles. The van der Waals surface area contributed by atoms with E-state index in [1.54, 1.807) is 0 Å². The van der Waals surface area contributed by atoms with Gasteiger partial charge in [0.25, 0.3) is 0 Å². The third kappa shape index (κ3) is 5.58. The quantitative estimate of drug-likeness (QED) is 0.639. The maximum absolute atomic E-state index is 12.6. The molecule has 0 fully saturated rings. The Balaban J connectivity index is 2.84. The highest BCUT2D eigenvalue weighted by molar-refractivity contribution is 7.89. The highest BCUT2D eigenvalue weighted by Gasteiger charge is 2.24. The van der Waals surface area contributed by atoms with Crippen molar-refractivity contribution in [3.63, 3.8) is 0 Å². The fourth-order valence-corrected chi connectivity index (χ4v) is 3.02. The fraction of sp³-hybridized carbons (Fsp3) is 0.615. The summed E-state index contributed by atoms with van der Waals surface area (Å²) in [6.07, 6.45) is 1.26. The number of pyridine rings is 1. The number of nitrogen functional groups attached to an aromatic ring is 1. The number of sulfonamides is 1. The Morgan fingerprint density at radius 2 is 1.71 bits per heavy atom. The molecule has 1 rings (SSSR count). The molecule has 0 aliphatic carbocycles. The van der Waals surface area contributed by atoms with Gasteiger partial charge in [-0.2, -0.15) is 4.31 Å². The Bertz CT molecular complexity index is 495. The summed E-state index contributed by atoms with van der Waals surface area (Å²) in [6, 6.07) is 2.92. The van der Waals surface area contributed by atoms with Crippen LogP contribution >= 0.6 is 0 Å². The molecule has 0 spiro atoms. The predicted molar refractivity (Wildman–Crippen MR) is 80.4 cm³/mol. The summed E-state index contributed by atoms with van der Waals surface area (Å²) in [5.41, 5.74) is 5.48. The van der Waals surface area contributed by atoms with Crippen molar-refractivity contribution in [2.45, 2.75) is 18.7 Å². The number of anilines is 1. The molecule has 7 nitrogen and oxygen atoms in total. The van der Waals surface area contributed by atoms with Crippen LogP contribution in [0.3, 0.4) is 0 Å². The van der Waals surface area contributed by atoms with Crippen molar-refractivity contribution >= 4 is 15.8 Å². The summed E-state index contributed by atoms with van der Waals surface area (Å²) < 4.78 is 36.9. The summed E-state index contributed by atoms with van der Waals surface area (Å²) in [4.78, 5) is 3.95. The van der Waals surface area contributed by atoms with Gasteiger partial charge in [-0.15, -0.1) is 0 Å². The molecule has 120 valence electrons. The first-order valence-corrected chi connectivity index (χ1v) is 8.33. The smallest absolute Gasteiger partial charge is 0.244 e. The molecule has 0 radical (unpaired) electrons. The van der Waals surface area contributed by atoms with E-state index >= 15 is 0 Å². The van der Waals surface area contributed by atoms with Crippen LogP contribution in [0.5, 0.6) is 0 Å². The van der Waals surface area contributed by atoms with Gasteiger partial charge in [0.2, 0.25) is 10.0 Å². The third-order valence-electron chi connectivity index (χ3n) is 2.78. The number of hydrogen-bond donors (Lipinski definition) is 1. The second kappa shape index (κ2) is 8.93. The SMILES string of the molecule is CCOCCN(CCOCC)S(=O)(=O)c1ccc(N)nc1. The summed E-state index contributed by atoms with van der Waals surface area (Å²) in [6.45, 7) is 6.03. The number of nitrogens with zero attached hydrogens (tertiary/aromatic N) is 2. The minimum Gasteiger partial charge on any atom is -0.384 e. The van der Waals surface area contributed by atoms with Crippen molar-refractivity contribution in [2.75, 3.05) is 45.3 Å². The lowest BCUT2D eigenvalue weighted by Gasteiger charge is -2.21. The molecule has 0 amide bonds. The predicted octanol–water partition coefficient (Wildman–Crippen LogP) is 0.728. The van der Waals surface area contributed by atoms with Crippen molar-refractivity contribution in [1.29, 1.82) is 0 Å². The van der Waals surface area contributed by atoms with Crippen LogP contribution in [0.2, 0.25) is 0 Å². The van der Waals surface area contributed by atoms with Gasteiger partial charge in [0, 0.05) is 32.5 Å². The van der Waals surface area contributed by atoms with Crippen LogP contribution in [0.15, 0.2) is 23.2 Å². The average Bonchev–Trinajstić information content (AvgIpc) is 2.46. The van der Waals surface area contributed by atoms with Gasteiger partial charge in [0.15, 0.2) is 0 Å². The first-order valence-electron chi connectivity index (χ1n) is 6.89. The maximum atomic E-state index is 12.6. The Labute approximate surface area is 126 Å². The van der Waals surface area contributed by atoms with E-state index < -0.39 is 10.0 Å². The van der Waals surface area contributed by atoms with Crippen LogP contribution in [0.4, 0.5) is 5.82 Å². The number of ether oxygens (including phenoxy) is 2. The van der Waals surface area contributed by atoms with Crippen molar-refractivity contribution in [1.82, 2.24) is 9.29 Å². The molecule has 2 N–H and O–H groups in total. The molecule has 0 atom stereocenters. The van der Waals surface area contributed by atoms with E-state index in [0.717, 1.165) is 0 Å². The normalized spacial score (nSPS) is 12.0. The van der Waals surface area contributed by atoms with Crippen LogP contribution in [-0.4, -0.2) is 57.2 Å².